The Labute approximate surface area is 121 Å². The number of benzene rings is 1. The molecule has 0 aliphatic carbocycles. The molecule has 1 aromatic heterocycles. The predicted octanol–water partition coefficient (Wildman–Crippen LogP) is 3.01. The summed E-state index contributed by atoms with van der Waals surface area (Å²) in [5.41, 5.74) is 10.5. The van der Waals surface area contributed by atoms with Gasteiger partial charge in [-0.15, -0.1) is 23.7 Å². The molecule has 0 unspecified atom stereocenters. The van der Waals surface area contributed by atoms with Crippen molar-refractivity contribution >= 4 is 29.7 Å². The molecule has 0 fully saturated rings. The van der Waals surface area contributed by atoms with Crippen LogP contribution in [0.4, 0.5) is 0 Å². The van der Waals surface area contributed by atoms with E-state index in [2.05, 4.69) is 4.98 Å². The van der Waals surface area contributed by atoms with Crippen molar-refractivity contribution in [2.24, 2.45) is 5.73 Å². The van der Waals surface area contributed by atoms with Gasteiger partial charge in [0.05, 0.1) is 22.5 Å². The van der Waals surface area contributed by atoms with E-state index in [1.165, 1.54) is 0 Å². The van der Waals surface area contributed by atoms with Gasteiger partial charge in [-0.25, -0.2) is 4.98 Å². The van der Waals surface area contributed by atoms with Crippen LogP contribution >= 0.6 is 23.7 Å². The highest BCUT2D eigenvalue weighted by Crippen LogP contribution is 2.28. The second-order valence-corrected chi connectivity index (χ2v) is 4.95. The van der Waals surface area contributed by atoms with Gasteiger partial charge >= 0.3 is 5.97 Å². The van der Waals surface area contributed by atoms with Crippen LogP contribution < -0.4 is 5.73 Å². The molecule has 2 aromatic rings. The third-order valence-electron chi connectivity index (χ3n) is 2.74. The van der Waals surface area contributed by atoms with E-state index >= 15 is 0 Å². The number of aliphatic carboxylic acids is 1. The van der Waals surface area contributed by atoms with Crippen molar-refractivity contribution in [3.8, 4) is 10.4 Å². The summed E-state index contributed by atoms with van der Waals surface area (Å²) in [6, 6.07) is 7.21. The van der Waals surface area contributed by atoms with Crippen LogP contribution in [0.2, 0.25) is 0 Å². The monoisotopic (exact) mass is 298 g/mol. The molecule has 0 saturated heterocycles. The Morgan fingerprint density at radius 1 is 1.42 bits per heavy atom. The molecule has 2 rings (SSSR count). The molecule has 0 radical (unpaired) electrons. The summed E-state index contributed by atoms with van der Waals surface area (Å²) in [7, 11) is 0. The van der Waals surface area contributed by atoms with Crippen LogP contribution in [0, 0.1) is 6.92 Å². The lowest BCUT2D eigenvalue weighted by atomic mass is 10.0. The van der Waals surface area contributed by atoms with Gasteiger partial charge in [0, 0.05) is 6.04 Å². The number of thiazole rings is 1. The van der Waals surface area contributed by atoms with E-state index in [9.17, 15) is 4.79 Å². The van der Waals surface area contributed by atoms with Crippen LogP contribution in [0.3, 0.4) is 0 Å². The normalized spacial score (nSPS) is 11.7. The summed E-state index contributed by atoms with van der Waals surface area (Å²) in [6.45, 7) is 1.97. The largest absolute Gasteiger partial charge is 0.481 e. The average molecular weight is 299 g/mol. The summed E-state index contributed by atoms with van der Waals surface area (Å²) < 4.78 is 0. The molecular weight excluding hydrogens is 284 g/mol. The van der Waals surface area contributed by atoms with Crippen LogP contribution in [0.15, 0.2) is 29.8 Å². The van der Waals surface area contributed by atoms with Gasteiger partial charge in [0.1, 0.15) is 0 Å². The standard InChI is InChI=1S/C13H14N2O2S.ClH/c1-8-13(18-7-15-8)10-4-2-9(3-5-10)11(14)6-12(16)17;/h2-5,7,11H,6,14H2,1H3,(H,16,17);1H/t11-;/m0./s1. The highest BCUT2D eigenvalue weighted by atomic mass is 35.5. The number of aryl methyl sites for hydroxylation is 1. The number of carbonyl (C=O) groups is 1. The maximum Gasteiger partial charge on any atom is 0.305 e. The third-order valence-corrected chi connectivity index (χ3v) is 3.72. The number of nitrogens with zero attached hydrogens (tertiary/aromatic N) is 1. The molecule has 0 saturated carbocycles. The van der Waals surface area contributed by atoms with Crippen molar-refractivity contribution in [2.75, 3.05) is 0 Å². The molecule has 0 amide bonds. The molecule has 6 heteroatoms. The Morgan fingerprint density at radius 2 is 2.05 bits per heavy atom. The molecule has 4 nitrogen and oxygen atoms in total. The van der Waals surface area contributed by atoms with Crippen LogP contribution in [0.25, 0.3) is 10.4 Å². The van der Waals surface area contributed by atoms with E-state index in [1.807, 2.05) is 36.7 Å². The summed E-state index contributed by atoms with van der Waals surface area (Å²) in [6.07, 6.45) is -0.0566. The number of carboxylic acid groups (broad SMARTS) is 1. The highest BCUT2D eigenvalue weighted by molar-refractivity contribution is 7.13. The summed E-state index contributed by atoms with van der Waals surface area (Å²) in [5.74, 6) is -0.884. The lowest BCUT2D eigenvalue weighted by molar-refractivity contribution is -0.137. The zero-order chi connectivity index (χ0) is 13.1. The van der Waals surface area contributed by atoms with Gasteiger partial charge < -0.3 is 10.8 Å². The average Bonchev–Trinajstić information content (AvgIpc) is 2.75. The first-order chi connectivity index (χ1) is 8.58. The zero-order valence-corrected chi connectivity index (χ0v) is 12.0. The Kier molecular flexibility index (Phi) is 5.47. The van der Waals surface area contributed by atoms with E-state index in [0.717, 1.165) is 21.7 Å². The first-order valence-electron chi connectivity index (χ1n) is 5.55. The minimum atomic E-state index is -0.884. The second-order valence-electron chi connectivity index (χ2n) is 4.09. The molecule has 0 bridgehead atoms. The fourth-order valence-electron chi connectivity index (χ4n) is 1.77. The van der Waals surface area contributed by atoms with Crippen molar-refractivity contribution in [2.45, 2.75) is 19.4 Å². The minimum absolute atomic E-state index is 0. The van der Waals surface area contributed by atoms with Crippen molar-refractivity contribution in [3.63, 3.8) is 0 Å². The second kappa shape index (κ2) is 6.65. The Bertz CT molecular complexity index is 554. The molecule has 0 spiro atoms. The predicted molar refractivity (Wildman–Crippen MR) is 78.7 cm³/mol. The van der Waals surface area contributed by atoms with Crippen LogP contribution in [-0.2, 0) is 4.79 Å². The van der Waals surface area contributed by atoms with Gasteiger partial charge in [-0.2, -0.15) is 0 Å². The van der Waals surface area contributed by atoms with Crippen molar-refractivity contribution in [1.82, 2.24) is 4.98 Å². The topological polar surface area (TPSA) is 76.2 Å². The first-order valence-corrected chi connectivity index (χ1v) is 6.43. The number of hydrogen-bond donors (Lipinski definition) is 2. The lowest BCUT2D eigenvalue weighted by Gasteiger charge is -2.09. The van der Waals surface area contributed by atoms with Gasteiger partial charge in [-0.05, 0) is 18.1 Å². The van der Waals surface area contributed by atoms with Gasteiger partial charge in [0.15, 0.2) is 0 Å². The zero-order valence-electron chi connectivity index (χ0n) is 10.4. The van der Waals surface area contributed by atoms with E-state index in [0.29, 0.717) is 0 Å². The van der Waals surface area contributed by atoms with Gasteiger partial charge in [-0.1, -0.05) is 24.3 Å². The Hall–Kier alpha value is -1.43. The van der Waals surface area contributed by atoms with E-state index in [1.54, 1.807) is 11.3 Å². The lowest BCUT2D eigenvalue weighted by Crippen LogP contribution is -2.14. The molecule has 102 valence electrons. The summed E-state index contributed by atoms with van der Waals surface area (Å²) in [5, 5.41) is 8.70. The molecule has 3 N–H and O–H groups in total. The van der Waals surface area contributed by atoms with Crippen molar-refractivity contribution in [1.29, 1.82) is 0 Å². The maximum atomic E-state index is 10.6. The third kappa shape index (κ3) is 3.76. The summed E-state index contributed by atoms with van der Waals surface area (Å²) >= 11 is 1.59. The molecule has 19 heavy (non-hydrogen) atoms. The van der Waals surface area contributed by atoms with Gasteiger partial charge in [-0.3, -0.25) is 4.79 Å². The fourth-order valence-corrected chi connectivity index (χ4v) is 2.58. The number of rotatable bonds is 4. The maximum absolute atomic E-state index is 10.6. The summed E-state index contributed by atoms with van der Waals surface area (Å²) in [4.78, 5) is 15.9. The number of carboxylic acids is 1. The fraction of sp³-hybridized carbons (Fsp3) is 0.231. The van der Waals surface area contributed by atoms with E-state index in [4.69, 9.17) is 10.8 Å². The van der Waals surface area contributed by atoms with E-state index in [-0.39, 0.29) is 18.8 Å². The molecule has 0 aliphatic rings. The van der Waals surface area contributed by atoms with Crippen LogP contribution in [0.5, 0.6) is 0 Å². The molecule has 1 atom stereocenters. The van der Waals surface area contributed by atoms with Crippen molar-refractivity contribution in [3.05, 3.63) is 41.0 Å². The molecule has 1 heterocycles. The number of hydrogen-bond acceptors (Lipinski definition) is 4. The minimum Gasteiger partial charge on any atom is -0.481 e. The van der Waals surface area contributed by atoms with Crippen molar-refractivity contribution < 1.29 is 9.90 Å². The SMILES string of the molecule is Cc1ncsc1-c1ccc([C@@H](N)CC(=O)O)cc1.Cl. The first kappa shape index (κ1) is 15.6. The number of halogens is 1. The van der Waals surface area contributed by atoms with Crippen LogP contribution in [0.1, 0.15) is 23.7 Å². The quantitative estimate of drug-likeness (QED) is 0.909. The highest BCUT2D eigenvalue weighted by Gasteiger charge is 2.11. The number of aromatic nitrogens is 1. The smallest absolute Gasteiger partial charge is 0.305 e. The molecule has 1 aromatic carbocycles. The molecule has 0 aliphatic heterocycles. The van der Waals surface area contributed by atoms with Gasteiger partial charge in [0.25, 0.3) is 0 Å². The Balaban J connectivity index is 0.00000180. The van der Waals surface area contributed by atoms with E-state index < -0.39 is 12.0 Å². The van der Waals surface area contributed by atoms with Crippen LogP contribution in [-0.4, -0.2) is 16.1 Å². The Morgan fingerprint density at radius 3 is 2.53 bits per heavy atom. The number of nitrogens with two attached hydrogens (primary N) is 1. The van der Waals surface area contributed by atoms with Gasteiger partial charge in [0.2, 0.25) is 0 Å². The molecular formula is C13H15ClN2O2S.